The third-order valence-corrected chi connectivity index (χ3v) is 6.25. The highest BCUT2D eigenvalue weighted by Crippen LogP contribution is 2.31. The van der Waals surface area contributed by atoms with Gasteiger partial charge in [0, 0.05) is 11.3 Å². The van der Waals surface area contributed by atoms with E-state index < -0.39 is 0 Å². The van der Waals surface area contributed by atoms with Crippen molar-refractivity contribution < 1.29 is 9.53 Å². The van der Waals surface area contributed by atoms with Gasteiger partial charge in [0.2, 0.25) is 0 Å². The van der Waals surface area contributed by atoms with Gasteiger partial charge in [0.05, 0.1) is 18.2 Å². The first-order valence-corrected chi connectivity index (χ1v) is 11.6. The lowest BCUT2D eigenvalue weighted by molar-refractivity contribution is 0.0528. The van der Waals surface area contributed by atoms with Crippen LogP contribution in [-0.4, -0.2) is 17.7 Å². The number of esters is 1. The number of thiophene rings is 1. The molecule has 3 aromatic rings. The fraction of sp³-hybridized carbons (Fsp3) is 0.280. The SMILES string of the molecule is CCOC(=O)c1cc(Cc2ccccc2)sc1NC(=S)NC(C)c1cc(C)ccc1C. The van der Waals surface area contributed by atoms with Gasteiger partial charge in [-0.1, -0.05) is 54.1 Å². The van der Waals surface area contributed by atoms with Gasteiger partial charge in [-0.05, 0) is 62.7 Å². The summed E-state index contributed by atoms with van der Waals surface area (Å²) in [5, 5.41) is 7.76. The second-order valence-electron chi connectivity index (χ2n) is 7.52. The number of carbonyl (C=O) groups is 1. The number of anilines is 1. The molecule has 1 atom stereocenters. The van der Waals surface area contributed by atoms with E-state index in [2.05, 4.69) is 61.7 Å². The third kappa shape index (κ3) is 6.15. The van der Waals surface area contributed by atoms with Gasteiger partial charge < -0.3 is 15.4 Å². The average Bonchev–Trinajstić information content (AvgIpc) is 3.12. The first kappa shape index (κ1) is 23.0. The first-order valence-electron chi connectivity index (χ1n) is 10.4. The van der Waals surface area contributed by atoms with E-state index in [9.17, 15) is 4.79 Å². The Bertz CT molecular complexity index is 1060. The number of hydrogen-bond acceptors (Lipinski definition) is 4. The average molecular weight is 453 g/mol. The minimum absolute atomic E-state index is 0.0368. The molecule has 0 aliphatic rings. The van der Waals surface area contributed by atoms with Crippen molar-refractivity contribution in [3.8, 4) is 0 Å². The molecule has 162 valence electrons. The quantitative estimate of drug-likeness (QED) is 0.331. The molecular weight excluding hydrogens is 424 g/mol. The van der Waals surface area contributed by atoms with Crippen molar-refractivity contribution in [1.29, 1.82) is 0 Å². The molecule has 0 saturated heterocycles. The Kier molecular flexibility index (Phi) is 7.82. The fourth-order valence-corrected chi connectivity index (χ4v) is 4.85. The van der Waals surface area contributed by atoms with E-state index >= 15 is 0 Å². The van der Waals surface area contributed by atoms with Crippen LogP contribution in [0.15, 0.2) is 54.6 Å². The predicted molar refractivity (Wildman–Crippen MR) is 133 cm³/mol. The lowest BCUT2D eigenvalue weighted by Gasteiger charge is -2.19. The normalized spacial score (nSPS) is 11.6. The molecule has 31 heavy (non-hydrogen) atoms. The highest BCUT2D eigenvalue weighted by molar-refractivity contribution is 7.80. The van der Waals surface area contributed by atoms with E-state index in [-0.39, 0.29) is 12.0 Å². The van der Waals surface area contributed by atoms with Crippen LogP contribution < -0.4 is 10.6 Å². The minimum atomic E-state index is -0.342. The molecule has 3 rings (SSSR count). The van der Waals surface area contributed by atoms with E-state index in [1.54, 1.807) is 6.92 Å². The van der Waals surface area contributed by atoms with Crippen LogP contribution in [0.4, 0.5) is 5.00 Å². The molecule has 0 spiro atoms. The molecule has 0 radical (unpaired) electrons. The Morgan fingerprint density at radius 3 is 2.58 bits per heavy atom. The van der Waals surface area contributed by atoms with Crippen LogP contribution in [0.3, 0.4) is 0 Å². The summed E-state index contributed by atoms with van der Waals surface area (Å²) in [4.78, 5) is 13.6. The highest BCUT2D eigenvalue weighted by Gasteiger charge is 2.19. The Morgan fingerprint density at radius 2 is 1.87 bits per heavy atom. The van der Waals surface area contributed by atoms with Crippen molar-refractivity contribution >= 4 is 39.6 Å². The van der Waals surface area contributed by atoms with Crippen molar-refractivity contribution in [3.63, 3.8) is 0 Å². The molecule has 6 heteroatoms. The zero-order valence-corrected chi connectivity index (χ0v) is 20.0. The predicted octanol–water partition coefficient (Wildman–Crippen LogP) is 6.18. The second kappa shape index (κ2) is 10.6. The molecule has 2 N–H and O–H groups in total. The summed E-state index contributed by atoms with van der Waals surface area (Å²) in [6.45, 7) is 8.39. The second-order valence-corrected chi connectivity index (χ2v) is 9.06. The van der Waals surface area contributed by atoms with Crippen molar-refractivity contribution in [2.24, 2.45) is 0 Å². The lowest BCUT2D eigenvalue weighted by atomic mass is 10.0. The highest BCUT2D eigenvalue weighted by atomic mass is 32.1. The van der Waals surface area contributed by atoms with Crippen molar-refractivity contribution in [2.45, 2.75) is 40.2 Å². The van der Waals surface area contributed by atoms with Crippen molar-refractivity contribution in [2.75, 3.05) is 11.9 Å². The molecule has 2 aromatic carbocycles. The maximum absolute atomic E-state index is 12.5. The third-order valence-electron chi connectivity index (χ3n) is 4.98. The van der Waals surface area contributed by atoms with Gasteiger partial charge in [0.1, 0.15) is 5.00 Å². The smallest absolute Gasteiger partial charge is 0.341 e. The number of aryl methyl sites for hydroxylation is 2. The number of benzene rings is 2. The molecule has 0 amide bonds. The maximum atomic E-state index is 12.5. The van der Waals surface area contributed by atoms with Crippen LogP contribution in [-0.2, 0) is 11.2 Å². The van der Waals surface area contributed by atoms with Crippen LogP contribution in [0, 0.1) is 13.8 Å². The summed E-state index contributed by atoms with van der Waals surface area (Å²) in [5.74, 6) is -0.342. The van der Waals surface area contributed by atoms with Gasteiger partial charge in [-0.15, -0.1) is 11.3 Å². The number of thiocarbonyl (C=S) groups is 1. The summed E-state index contributed by atoms with van der Waals surface area (Å²) in [5.41, 5.74) is 5.32. The molecule has 4 nitrogen and oxygen atoms in total. The summed E-state index contributed by atoms with van der Waals surface area (Å²) >= 11 is 7.10. The standard InChI is InChI=1S/C25H28N2O2S2/c1-5-29-24(28)22-15-20(14-19-9-7-6-8-10-19)31-23(22)27-25(30)26-18(4)21-13-16(2)11-12-17(21)3/h6-13,15,18H,5,14H2,1-4H3,(H2,26,27,30). The maximum Gasteiger partial charge on any atom is 0.341 e. The van der Waals surface area contributed by atoms with Gasteiger partial charge in [-0.2, -0.15) is 0 Å². The van der Waals surface area contributed by atoms with Crippen LogP contribution in [0.2, 0.25) is 0 Å². The Labute approximate surface area is 193 Å². The van der Waals surface area contributed by atoms with E-state index in [0.29, 0.717) is 22.3 Å². The molecule has 1 unspecified atom stereocenters. The summed E-state index contributed by atoms with van der Waals surface area (Å²) in [7, 11) is 0. The molecular formula is C25H28N2O2S2. The zero-order valence-electron chi connectivity index (χ0n) is 18.3. The number of nitrogens with one attached hydrogen (secondary N) is 2. The monoisotopic (exact) mass is 452 g/mol. The number of rotatable bonds is 7. The van der Waals surface area contributed by atoms with E-state index in [1.165, 1.54) is 33.6 Å². The van der Waals surface area contributed by atoms with E-state index in [4.69, 9.17) is 17.0 Å². The van der Waals surface area contributed by atoms with Gasteiger partial charge >= 0.3 is 5.97 Å². The van der Waals surface area contributed by atoms with Crippen molar-refractivity contribution in [1.82, 2.24) is 5.32 Å². The van der Waals surface area contributed by atoms with Gasteiger partial charge in [0.15, 0.2) is 5.11 Å². The van der Waals surface area contributed by atoms with Crippen LogP contribution >= 0.6 is 23.6 Å². The molecule has 1 heterocycles. The fourth-order valence-electron chi connectivity index (χ4n) is 3.42. The molecule has 0 bridgehead atoms. The molecule has 0 aliphatic carbocycles. The zero-order chi connectivity index (χ0) is 22.4. The molecule has 0 aliphatic heterocycles. The molecule has 0 fully saturated rings. The van der Waals surface area contributed by atoms with E-state index in [0.717, 1.165) is 11.3 Å². The lowest BCUT2D eigenvalue weighted by Crippen LogP contribution is -2.31. The largest absolute Gasteiger partial charge is 0.462 e. The minimum Gasteiger partial charge on any atom is -0.462 e. The van der Waals surface area contributed by atoms with E-state index in [1.807, 2.05) is 24.3 Å². The van der Waals surface area contributed by atoms with Crippen LogP contribution in [0.1, 0.15) is 57.4 Å². The topological polar surface area (TPSA) is 50.4 Å². The van der Waals surface area contributed by atoms with Crippen molar-refractivity contribution in [3.05, 3.63) is 87.3 Å². The Balaban J connectivity index is 1.77. The number of carbonyl (C=O) groups excluding carboxylic acids is 1. The summed E-state index contributed by atoms with van der Waals surface area (Å²) in [6.07, 6.45) is 0.749. The molecule has 1 aromatic heterocycles. The Morgan fingerprint density at radius 1 is 1.13 bits per heavy atom. The molecule has 0 saturated carbocycles. The van der Waals surface area contributed by atoms with Gasteiger partial charge in [-0.3, -0.25) is 0 Å². The van der Waals surface area contributed by atoms with Crippen LogP contribution in [0.25, 0.3) is 0 Å². The first-order chi connectivity index (χ1) is 14.9. The van der Waals surface area contributed by atoms with Crippen LogP contribution in [0.5, 0.6) is 0 Å². The summed E-state index contributed by atoms with van der Waals surface area (Å²) < 4.78 is 5.26. The van der Waals surface area contributed by atoms with Gasteiger partial charge in [0.25, 0.3) is 0 Å². The van der Waals surface area contributed by atoms with Gasteiger partial charge in [-0.25, -0.2) is 4.79 Å². The number of ether oxygens (including phenoxy) is 1. The Hall–Kier alpha value is -2.70. The number of hydrogen-bond donors (Lipinski definition) is 2. The summed E-state index contributed by atoms with van der Waals surface area (Å²) in [6, 6.07) is 18.5.